The van der Waals surface area contributed by atoms with Crippen LogP contribution in [0.2, 0.25) is 0 Å². The van der Waals surface area contributed by atoms with Crippen LogP contribution in [0.4, 0.5) is 5.69 Å². The topological polar surface area (TPSA) is 55.4 Å². The van der Waals surface area contributed by atoms with Crippen LogP contribution in [-0.4, -0.2) is 18.5 Å². The van der Waals surface area contributed by atoms with E-state index in [4.69, 9.17) is 4.74 Å². The van der Waals surface area contributed by atoms with Crippen LogP contribution in [0, 0.1) is 0 Å². The van der Waals surface area contributed by atoms with Gasteiger partial charge >= 0.3 is 5.97 Å². The van der Waals surface area contributed by atoms with Gasteiger partial charge in [0.05, 0.1) is 13.0 Å². The molecule has 18 heavy (non-hydrogen) atoms. The number of hydrogen-bond donors (Lipinski definition) is 1. The molecule has 0 heterocycles. The minimum absolute atomic E-state index is 0.118. The summed E-state index contributed by atoms with van der Waals surface area (Å²) >= 11 is 0. The van der Waals surface area contributed by atoms with Crippen molar-refractivity contribution in [2.45, 2.75) is 33.1 Å². The van der Waals surface area contributed by atoms with Gasteiger partial charge in [-0.25, -0.2) is 0 Å². The van der Waals surface area contributed by atoms with Gasteiger partial charge in [-0.2, -0.15) is 0 Å². The van der Waals surface area contributed by atoms with Crippen LogP contribution in [0.1, 0.15) is 32.3 Å². The molecule has 0 bridgehead atoms. The van der Waals surface area contributed by atoms with Gasteiger partial charge in [0.1, 0.15) is 0 Å². The second-order valence-corrected chi connectivity index (χ2v) is 3.91. The lowest BCUT2D eigenvalue weighted by Crippen LogP contribution is -2.14. The summed E-state index contributed by atoms with van der Waals surface area (Å²) in [6.45, 7) is 4.15. The quantitative estimate of drug-likeness (QED) is 0.788. The molecule has 0 aromatic heterocycles. The Labute approximate surface area is 107 Å². The SMILES string of the molecule is CCOC(=O)CCC(=O)Nc1cccc(CC)c1. The van der Waals surface area contributed by atoms with E-state index in [0.717, 1.165) is 17.7 Å². The second-order valence-electron chi connectivity index (χ2n) is 3.91. The van der Waals surface area contributed by atoms with Crippen molar-refractivity contribution in [3.8, 4) is 0 Å². The molecule has 0 unspecified atom stereocenters. The van der Waals surface area contributed by atoms with Crippen molar-refractivity contribution in [1.29, 1.82) is 0 Å². The Kier molecular flexibility index (Phi) is 5.91. The molecule has 4 nitrogen and oxygen atoms in total. The summed E-state index contributed by atoms with van der Waals surface area (Å²) in [4.78, 5) is 22.7. The lowest BCUT2D eigenvalue weighted by Gasteiger charge is -2.06. The van der Waals surface area contributed by atoms with E-state index in [-0.39, 0.29) is 24.7 Å². The van der Waals surface area contributed by atoms with Crippen molar-refractivity contribution in [2.75, 3.05) is 11.9 Å². The minimum atomic E-state index is -0.338. The lowest BCUT2D eigenvalue weighted by atomic mass is 10.1. The van der Waals surface area contributed by atoms with Gasteiger partial charge < -0.3 is 10.1 Å². The number of carbonyl (C=O) groups is 2. The summed E-state index contributed by atoms with van der Waals surface area (Å²) < 4.78 is 4.76. The molecule has 1 amide bonds. The molecule has 0 atom stereocenters. The van der Waals surface area contributed by atoms with E-state index in [2.05, 4.69) is 12.2 Å². The zero-order valence-electron chi connectivity index (χ0n) is 10.9. The molecule has 0 radical (unpaired) electrons. The molecular weight excluding hydrogens is 230 g/mol. The molecule has 0 saturated heterocycles. The molecule has 1 aromatic carbocycles. The highest BCUT2D eigenvalue weighted by atomic mass is 16.5. The van der Waals surface area contributed by atoms with E-state index in [1.165, 1.54) is 0 Å². The normalized spacial score (nSPS) is 9.89. The Morgan fingerprint density at radius 1 is 1.22 bits per heavy atom. The number of rotatable bonds is 6. The van der Waals surface area contributed by atoms with Crippen molar-refractivity contribution >= 4 is 17.6 Å². The van der Waals surface area contributed by atoms with Gasteiger partial charge in [0.25, 0.3) is 0 Å². The summed E-state index contributed by atoms with van der Waals surface area (Å²) in [5.74, 6) is -0.508. The maximum atomic E-state index is 11.6. The lowest BCUT2D eigenvalue weighted by molar-refractivity contribution is -0.144. The minimum Gasteiger partial charge on any atom is -0.466 e. The van der Waals surface area contributed by atoms with Gasteiger partial charge in [0, 0.05) is 12.1 Å². The van der Waals surface area contributed by atoms with E-state index in [9.17, 15) is 9.59 Å². The van der Waals surface area contributed by atoms with E-state index in [1.807, 2.05) is 24.3 Å². The second kappa shape index (κ2) is 7.48. The summed E-state index contributed by atoms with van der Waals surface area (Å²) in [7, 11) is 0. The van der Waals surface area contributed by atoms with E-state index >= 15 is 0 Å². The third-order valence-corrected chi connectivity index (χ3v) is 2.48. The van der Waals surface area contributed by atoms with Crippen LogP contribution in [0.15, 0.2) is 24.3 Å². The molecule has 0 aliphatic rings. The Hall–Kier alpha value is -1.84. The number of amides is 1. The average molecular weight is 249 g/mol. The fourth-order valence-corrected chi connectivity index (χ4v) is 1.54. The molecule has 1 aromatic rings. The van der Waals surface area contributed by atoms with Gasteiger partial charge in [-0.05, 0) is 31.0 Å². The first-order chi connectivity index (χ1) is 8.65. The van der Waals surface area contributed by atoms with Crippen LogP contribution in [0.25, 0.3) is 0 Å². The van der Waals surface area contributed by atoms with Crippen molar-refractivity contribution in [3.63, 3.8) is 0 Å². The predicted octanol–water partition coefficient (Wildman–Crippen LogP) is 2.53. The zero-order valence-corrected chi connectivity index (χ0v) is 10.9. The Morgan fingerprint density at radius 2 is 2.00 bits per heavy atom. The average Bonchev–Trinajstić information content (AvgIpc) is 2.37. The first-order valence-corrected chi connectivity index (χ1v) is 6.20. The van der Waals surface area contributed by atoms with Crippen LogP contribution < -0.4 is 5.32 Å². The summed E-state index contributed by atoms with van der Waals surface area (Å²) in [6, 6.07) is 7.68. The number of carbonyl (C=O) groups excluding carboxylic acids is 2. The highest BCUT2D eigenvalue weighted by Gasteiger charge is 2.07. The molecule has 1 N–H and O–H groups in total. The molecule has 98 valence electrons. The smallest absolute Gasteiger partial charge is 0.306 e. The maximum Gasteiger partial charge on any atom is 0.306 e. The Morgan fingerprint density at radius 3 is 2.67 bits per heavy atom. The molecule has 4 heteroatoms. The number of ether oxygens (including phenoxy) is 1. The van der Waals surface area contributed by atoms with Crippen molar-refractivity contribution < 1.29 is 14.3 Å². The number of anilines is 1. The number of benzene rings is 1. The highest BCUT2D eigenvalue weighted by molar-refractivity contribution is 5.92. The van der Waals surface area contributed by atoms with E-state index < -0.39 is 0 Å². The number of hydrogen-bond acceptors (Lipinski definition) is 3. The fraction of sp³-hybridized carbons (Fsp3) is 0.429. The van der Waals surface area contributed by atoms with Crippen molar-refractivity contribution in [2.24, 2.45) is 0 Å². The molecule has 0 aliphatic carbocycles. The Balaban J connectivity index is 2.42. The molecule has 0 aliphatic heterocycles. The van der Waals surface area contributed by atoms with Gasteiger partial charge in [0.15, 0.2) is 0 Å². The van der Waals surface area contributed by atoms with Gasteiger partial charge in [-0.15, -0.1) is 0 Å². The van der Waals surface area contributed by atoms with E-state index in [0.29, 0.717) is 6.61 Å². The molecule has 0 fully saturated rings. The monoisotopic (exact) mass is 249 g/mol. The van der Waals surface area contributed by atoms with Gasteiger partial charge in [0.2, 0.25) is 5.91 Å². The van der Waals surface area contributed by atoms with E-state index in [1.54, 1.807) is 6.92 Å². The summed E-state index contributed by atoms with van der Waals surface area (Å²) in [6.07, 6.45) is 1.19. The van der Waals surface area contributed by atoms with Gasteiger partial charge in [-0.1, -0.05) is 19.1 Å². The standard InChI is InChI=1S/C14H19NO3/c1-3-11-6-5-7-12(10-11)15-13(16)8-9-14(17)18-4-2/h5-7,10H,3-4,8-9H2,1-2H3,(H,15,16). The molecule has 0 spiro atoms. The Bertz CT molecular complexity index is 415. The number of nitrogens with one attached hydrogen (secondary N) is 1. The van der Waals surface area contributed by atoms with Crippen LogP contribution in [0.3, 0.4) is 0 Å². The van der Waals surface area contributed by atoms with Crippen LogP contribution >= 0.6 is 0 Å². The first-order valence-electron chi connectivity index (χ1n) is 6.20. The number of esters is 1. The summed E-state index contributed by atoms with van der Waals surface area (Å²) in [5, 5.41) is 2.77. The van der Waals surface area contributed by atoms with Crippen molar-refractivity contribution in [3.05, 3.63) is 29.8 Å². The fourth-order valence-electron chi connectivity index (χ4n) is 1.54. The molecule has 0 saturated carbocycles. The number of aryl methyl sites for hydroxylation is 1. The maximum absolute atomic E-state index is 11.6. The predicted molar refractivity (Wildman–Crippen MR) is 70.3 cm³/mol. The van der Waals surface area contributed by atoms with Gasteiger partial charge in [-0.3, -0.25) is 9.59 Å². The first kappa shape index (κ1) is 14.2. The largest absolute Gasteiger partial charge is 0.466 e. The zero-order chi connectivity index (χ0) is 13.4. The highest BCUT2D eigenvalue weighted by Crippen LogP contribution is 2.11. The third-order valence-electron chi connectivity index (χ3n) is 2.48. The van der Waals surface area contributed by atoms with Crippen molar-refractivity contribution in [1.82, 2.24) is 0 Å². The molecule has 1 rings (SSSR count). The van der Waals surface area contributed by atoms with Crippen LogP contribution in [-0.2, 0) is 20.7 Å². The molecular formula is C14H19NO3. The third kappa shape index (κ3) is 4.99. The van der Waals surface area contributed by atoms with Crippen LogP contribution in [0.5, 0.6) is 0 Å². The summed E-state index contributed by atoms with van der Waals surface area (Å²) in [5.41, 5.74) is 1.93.